The molecule has 7 heteroatoms. The molecule has 0 saturated carbocycles. The molecular formula is C16H31NO5Si. The largest absolute Gasteiger partial charge is 0.480 e. The van der Waals surface area contributed by atoms with Crippen molar-refractivity contribution in [2.75, 3.05) is 6.54 Å². The summed E-state index contributed by atoms with van der Waals surface area (Å²) >= 11 is 0. The van der Waals surface area contributed by atoms with Gasteiger partial charge in [0.2, 0.25) is 0 Å². The molecule has 1 saturated heterocycles. The number of likely N-dealkylation sites (tertiary alicyclic amines) is 1. The van der Waals surface area contributed by atoms with Crippen molar-refractivity contribution < 1.29 is 23.9 Å². The molecule has 134 valence electrons. The normalized spacial score (nSPS) is 23.0. The lowest BCUT2D eigenvalue weighted by molar-refractivity contribution is -0.144. The van der Waals surface area contributed by atoms with Gasteiger partial charge in [0.15, 0.2) is 14.4 Å². The molecule has 0 aliphatic carbocycles. The molecule has 0 aromatic heterocycles. The first-order valence-corrected chi connectivity index (χ1v) is 11.0. The van der Waals surface area contributed by atoms with Gasteiger partial charge in [0.1, 0.15) is 5.60 Å². The fourth-order valence-corrected chi connectivity index (χ4v) is 3.62. The highest BCUT2D eigenvalue weighted by atomic mass is 28.4. The monoisotopic (exact) mass is 345 g/mol. The van der Waals surface area contributed by atoms with Gasteiger partial charge in [-0.05, 0) is 45.3 Å². The molecule has 0 radical (unpaired) electrons. The van der Waals surface area contributed by atoms with E-state index in [2.05, 4.69) is 33.9 Å². The van der Waals surface area contributed by atoms with Crippen LogP contribution in [0.15, 0.2) is 0 Å². The number of amides is 1. The molecule has 1 amide bonds. The number of nitrogens with zero attached hydrogens (tertiary/aromatic N) is 1. The van der Waals surface area contributed by atoms with Crippen molar-refractivity contribution in [1.29, 1.82) is 0 Å². The number of hydrogen-bond acceptors (Lipinski definition) is 4. The van der Waals surface area contributed by atoms with Crippen LogP contribution in [0.5, 0.6) is 0 Å². The molecule has 0 aromatic carbocycles. The van der Waals surface area contributed by atoms with Crippen LogP contribution < -0.4 is 0 Å². The van der Waals surface area contributed by atoms with E-state index in [0.29, 0.717) is 13.0 Å². The maximum Gasteiger partial charge on any atom is 0.411 e. The summed E-state index contributed by atoms with van der Waals surface area (Å²) in [4.78, 5) is 25.3. The van der Waals surface area contributed by atoms with Gasteiger partial charge in [0.25, 0.3) is 0 Å². The van der Waals surface area contributed by atoms with E-state index in [1.165, 1.54) is 4.90 Å². The molecule has 1 heterocycles. The zero-order valence-corrected chi connectivity index (χ0v) is 16.6. The standard InChI is InChI=1S/C16H31NO5Si/c1-15(2,3)21-14(20)17-10-9-11(12(17)13(18)19)22-23(7,8)16(4,5)6/h11-12H,9-10H2,1-8H3,(H,18,19)/t11-,12+/m0/s1. The number of carboxylic acid groups (broad SMARTS) is 1. The number of carbonyl (C=O) groups is 2. The van der Waals surface area contributed by atoms with E-state index in [1.807, 2.05) is 0 Å². The smallest absolute Gasteiger partial charge is 0.411 e. The summed E-state index contributed by atoms with van der Waals surface area (Å²) in [7, 11) is -2.11. The third kappa shape index (κ3) is 4.94. The van der Waals surface area contributed by atoms with Crippen molar-refractivity contribution in [2.45, 2.75) is 83.8 Å². The number of ether oxygens (including phenoxy) is 1. The Kier molecular flexibility index (Phi) is 5.58. The number of hydrogen-bond donors (Lipinski definition) is 1. The number of carbonyl (C=O) groups excluding carboxylic acids is 1. The number of rotatable bonds is 3. The summed E-state index contributed by atoms with van der Waals surface area (Å²) in [6.45, 7) is 16.1. The van der Waals surface area contributed by atoms with Gasteiger partial charge in [0.05, 0.1) is 6.10 Å². The third-order valence-electron chi connectivity index (χ3n) is 4.48. The van der Waals surface area contributed by atoms with Crippen LogP contribution in [-0.2, 0) is 14.0 Å². The van der Waals surface area contributed by atoms with Crippen molar-refractivity contribution in [3.05, 3.63) is 0 Å². The van der Waals surface area contributed by atoms with E-state index in [0.717, 1.165) is 0 Å². The first-order valence-electron chi connectivity index (χ1n) is 8.06. The molecule has 1 aliphatic rings. The zero-order chi connectivity index (χ0) is 18.2. The lowest BCUT2D eigenvalue weighted by Gasteiger charge is -2.39. The first-order chi connectivity index (χ1) is 10.2. The fourth-order valence-electron chi connectivity index (χ4n) is 2.26. The highest BCUT2D eigenvalue weighted by molar-refractivity contribution is 6.74. The minimum Gasteiger partial charge on any atom is -0.480 e. The van der Waals surface area contributed by atoms with Gasteiger partial charge < -0.3 is 14.3 Å². The highest BCUT2D eigenvalue weighted by Crippen LogP contribution is 2.39. The molecule has 0 unspecified atom stereocenters. The van der Waals surface area contributed by atoms with Crippen LogP contribution in [0.1, 0.15) is 48.0 Å². The highest BCUT2D eigenvalue weighted by Gasteiger charge is 2.48. The molecule has 1 N–H and O–H groups in total. The second-order valence-electron chi connectivity index (χ2n) is 8.66. The van der Waals surface area contributed by atoms with Gasteiger partial charge in [-0.15, -0.1) is 0 Å². The minimum atomic E-state index is -2.11. The second-order valence-corrected chi connectivity index (χ2v) is 13.4. The molecule has 0 aromatic rings. The van der Waals surface area contributed by atoms with Gasteiger partial charge >= 0.3 is 12.1 Å². The Hall–Kier alpha value is -1.08. The zero-order valence-electron chi connectivity index (χ0n) is 15.6. The molecule has 6 nitrogen and oxygen atoms in total. The van der Waals surface area contributed by atoms with Crippen molar-refractivity contribution in [2.24, 2.45) is 0 Å². The predicted octanol–water partition coefficient (Wildman–Crippen LogP) is 3.47. The van der Waals surface area contributed by atoms with E-state index >= 15 is 0 Å². The van der Waals surface area contributed by atoms with E-state index < -0.39 is 38.1 Å². The van der Waals surface area contributed by atoms with E-state index in [9.17, 15) is 14.7 Å². The summed E-state index contributed by atoms with van der Waals surface area (Å²) in [5.41, 5.74) is -0.654. The third-order valence-corrected chi connectivity index (χ3v) is 8.98. The summed E-state index contributed by atoms with van der Waals surface area (Å²) in [6, 6.07) is -0.987. The molecule has 1 aliphatic heterocycles. The van der Waals surface area contributed by atoms with Crippen LogP contribution in [0.2, 0.25) is 18.1 Å². The Bertz CT molecular complexity index is 464. The summed E-state index contributed by atoms with van der Waals surface area (Å²) < 4.78 is 11.6. The Labute approximate surface area is 140 Å². The molecule has 0 bridgehead atoms. The minimum absolute atomic E-state index is 0.0185. The maximum absolute atomic E-state index is 12.3. The van der Waals surface area contributed by atoms with Crippen molar-refractivity contribution in [1.82, 2.24) is 4.90 Å². The molecule has 2 atom stereocenters. The Morgan fingerprint density at radius 1 is 1.13 bits per heavy atom. The summed E-state index contributed by atoms with van der Waals surface area (Å²) in [5.74, 6) is -1.04. The number of carboxylic acids is 1. The number of aliphatic carboxylic acids is 1. The lowest BCUT2D eigenvalue weighted by atomic mass is 10.2. The van der Waals surface area contributed by atoms with Crippen LogP contribution in [0.25, 0.3) is 0 Å². The van der Waals surface area contributed by atoms with Gasteiger partial charge in [-0.25, -0.2) is 9.59 Å². The van der Waals surface area contributed by atoms with E-state index in [1.54, 1.807) is 20.8 Å². The quantitative estimate of drug-likeness (QED) is 0.793. The van der Waals surface area contributed by atoms with Gasteiger partial charge in [-0.3, -0.25) is 4.90 Å². The van der Waals surface area contributed by atoms with E-state index in [-0.39, 0.29) is 5.04 Å². The SMILES string of the molecule is CC(C)(C)OC(=O)N1CC[C@H](O[Si](C)(C)C(C)(C)C)[C@@H]1C(=O)O. The lowest BCUT2D eigenvalue weighted by Crippen LogP contribution is -2.52. The predicted molar refractivity (Wildman–Crippen MR) is 91.1 cm³/mol. The maximum atomic E-state index is 12.3. The van der Waals surface area contributed by atoms with Crippen molar-refractivity contribution in [3.63, 3.8) is 0 Å². The van der Waals surface area contributed by atoms with Crippen LogP contribution in [0, 0.1) is 0 Å². The Morgan fingerprint density at radius 3 is 2.04 bits per heavy atom. The van der Waals surface area contributed by atoms with Crippen molar-refractivity contribution in [3.8, 4) is 0 Å². The fraction of sp³-hybridized carbons (Fsp3) is 0.875. The summed E-state index contributed by atoms with van der Waals surface area (Å²) in [5, 5.41) is 9.57. The van der Waals surface area contributed by atoms with Crippen LogP contribution in [-0.4, -0.2) is 54.7 Å². The van der Waals surface area contributed by atoms with Gasteiger partial charge in [-0.2, -0.15) is 0 Å². The Balaban J connectivity index is 2.93. The molecule has 1 fully saturated rings. The van der Waals surface area contributed by atoms with Gasteiger partial charge in [0, 0.05) is 6.54 Å². The van der Waals surface area contributed by atoms with Crippen LogP contribution in [0.4, 0.5) is 4.79 Å². The molecular weight excluding hydrogens is 314 g/mol. The van der Waals surface area contributed by atoms with Crippen molar-refractivity contribution >= 4 is 20.4 Å². The molecule has 23 heavy (non-hydrogen) atoms. The van der Waals surface area contributed by atoms with E-state index in [4.69, 9.17) is 9.16 Å². The first kappa shape index (κ1) is 20.0. The van der Waals surface area contributed by atoms with Crippen LogP contribution in [0.3, 0.4) is 0 Å². The summed E-state index contributed by atoms with van der Waals surface area (Å²) in [6.07, 6.45) is -0.560. The average Bonchev–Trinajstić information content (AvgIpc) is 2.67. The molecule has 1 rings (SSSR count). The average molecular weight is 346 g/mol. The molecule has 0 spiro atoms. The van der Waals surface area contributed by atoms with Gasteiger partial charge in [-0.1, -0.05) is 20.8 Å². The Morgan fingerprint density at radius 2 is 1.65 bits per heavy atom. The topological polar surface area (TPSA) is 76.1 Å². The van der Waals surface area contributed by atoms with Crippen LogP contribution >= 0.6 is 0 Å². The second kappa shape index (κ2) is 6.43.